The van der Waals surface area contributed by atoms with Gasteiger partial charge in [0.05, 0.1) is 6.61 Å². The van der Waals surface area contributed by atoms with E-state index < -0.39 is 36.7 Å². The van der Waals surface area contributed by atoms with Crippen molar-refractivity contribution in [3.63, 3.8) is 0 Å². The lowest BCUT2D eigenvalue weighted by Gasteiger charge is -2.22. The van der Waals surface area contributed by atoms with Gasteiger partial charge in [-0.15, -0.1) is 0 Å². The highest BCUT2D eigenvalue weighted by atomic mass is 19.1. The average Bonchev–Trinajstić information content (AvgIpc) is 2.55. The molecule has 100 valence electrons. The van der Waals surface area contributed by atoms with Crippen LogP contribution in [0, 0.1) is 0 Å². The third-order valence-corrected chi connectivity index (χ3v) is 2.32. The first-order chi connectivity index (χ1) is 8.46. The molecule has 5 N–H and O–H groups in total. The molecule has 1 saturated heterocycles. The van der Waals surface area contributed by atoms with E-state index in [2.05, 4.69) is 15.3 Å². The molecule has 18 heavy (non-hydrogen) atoms. The molecule has 0 aromatic carbocycles. The second-order valence-electron chi connectivity index (χ2n) is 3.53. The largest absolute Gasteiger partial charge is 0.393 e. The molecule has 1 fully saturated rings. The average molecular weight is 261 g/mol. The van der Waals surface area contributed by atoms with E-state index in [0.29, 0.717) is 0 Å². The Bertz CT molecular complexity index is 399. The summed E-state index contributed by atoms with van der Waals surface area (Å²) in [5.41, 5.74) is 10.9. The van der Waals surface area contributed by atoms with E-state index in [1.807, 2.05) is 0 Å². The fourth-order valence-electron chi connectivity index (χ4n) is 1.44. The highest BCUT2D eigenvalue weighted by Gasteiger charge is 2.55. The second-order valence-corrected chi connectivity index (χ2v) is 3.53. The van der Waals surface area contributed by atoms with Gasteiger partial charge in [0.1, 0.15) is 6.10 Å². The van der Waals surface area contributed by atoms with Crippen LogP contribution in [0.2, 0.25) is 0 Å². The molecule has 0 spiro atoms. The van der Waals surface area contributed by atoms with Crippen molar-refractivity contribution in [3.8, 4) is 0 Å². The number of hydrogen-bond donors (Lipinski definition) is 4. The van der Waals surface area contributed by atoms with Crippen LogP contribution < -0.4 is 11.1 Å². The van der Waals surface area contributed by atoms with Crippen LogP contribution in [-0.4, -0.2) is 47.0 Å². The van der Waals surface area contributed by atoms with E-state index in [4.69, 9.17) is 21.1 Å². The molecule has 0 bridgehead atoms. The normalized spacial score (nSPS) is 35.4. The number of amides is 1. The molecule has 1 rings (SSSR count). The minimum absolute atomic E-state index is 0.754. The Balaban J connectivity index is 2.80. The first-order valence-corrected chi connectivity index (χ1v) is 4.86. The van der Waals surface area contributed by atoms with E-state index in [1.54, 1.807) is 0 Å². The summed E-state index contributed by atoms with van der Waals surface area (Å²) in [6.07, 6.45) is -3.10. The molecule has 4 atom stereocenters. The van der Waals surface area contributed by atoms with Crippen molar-refractivity contribution < 1.29 is 24.1 Å². The quantitative estimate of drug-likeness (QED) is 0.208. The number of hydrogen-bond acceptors (Lipinski definition) is 6. The van der Waals surface area contributed by atoms with Gasteiger partial charge in [0.15, 0.2) is 12.4 Å². The van der Waals surface area contributed by atoms with Crippen LogP contribution in [0.3, 0.4) is 0 Å². The maximum atomic E-state index is 13.7. The number of ether oxygens (including phenoxy) is 1. The van der Waals surface area contributed by atoms with Crippen molar-refractivity contribution in [3.05, 3.63) is 22.7 Å². The van der Waals surface area contributed by atoms with E-state index in [9.17, 15) is 14.3 Å². The lowest BCUT2D eigenvalue weighted by Crippen LogP contribution is -2.41. The smallest absolute Gasteiger partial charge is 0.242 e. The van der Waals surface area contributed by atoms with Gasteiger partial charge >= 0.3 is 0 Å². The maximum absolute atomic E-state index is 13.7. The van der Waals surface area contributed by atoms with Crippen LogP contribution in [0.5, 0.6) is 0 Å². The van der Waals surface area contributed by atoms with Crippen LogP contribution in [0.25, 0.3) is 10.4 Å². The second kappa shape index (κ2) is 5.65. The Hall–Kier alpha value is -1.87. The van der Waals surface area contributed by atoms with Crippen LogP contribution in [0.1, 0.15) is 0 Å². The molecule has 0 aliphatic carbocycles. The SMILES string of the molecule is [N-]=[N+]=N[C@]1(CO)O[C@@H](N/C=C\C(N)=O)[C@H](O)C1F. The number of nitrogens with zero attached hydrogens (tertiary/aromatic N) is 3. The number of aliphatic hydroxyl groups excluding tert-OH is 2. The first kappa shape index (κ1) is 14.2. The number of nitrogens with two attached hydrogens (primary N) is 1. The van der Waals surface area contributed by atoms with Gasteiger partial charge in [-0.1, -0.05) is 5.11 Å². The molecular formula is C8H12FN5O4. The van der Waals surface area contributed by atoms with Gasteiger partial charge in [0.2, 0.25) is 11.6 Å². The highest BCUT2D eigenvalue weighted by molar-refractivity contribution is 5.85. The Morgan fingerprint density at radius 1 is 1.78 bits per heavy atom. The van der Waals surface area contributed by atoms with Gasteiger partial charge in [0, 0.05) is 17.2 Å². The van der Waals surface area contributed by atoms with Crippen molar-refractivity contribution in [2.45, 2.75) is 24.2 Å². The molecule has 1 heterocycles. The molecule has 1 aliphatic heterocycles. The van der Waals surface area contributed by atoms with E-state index in [0.717, 1.165) is 12.3 Å². The van der Waals surface area contributed by atoms with Crippen molar-refractivity contribution in [1.29, 1.82) is 0 Å². The van der Waals surface area contributed by atoms with E-state index in [1.165, 1.54) is 0 Å². The predicted octanol–water partition coefficient (Wildman–Crippen LogP) is -1.37. The fraction of sp³-hybridized carbons (Fsp3) is 0.625. The van der Waals surface area contributed by atoms with E-state index in [-0.39, 0.29) is 0 Å². The predicted molar refractivity (Wildman–Crippen MR) is 56.2 cm³/mol. The third-order valence-electron chi connectivity index (χ3n) is 2.32. The van der Waals surface area contributed by atoms with Crippen LogP contribution in [-0.2, 0) is 9.53 Å². The Morgan fingerprint density at radius 3 is 2.94 bits per heavy atom. The molecule has 1 aliphatic rings. The lowest BCUT2D eigenvalue weighted by molar-refractivity contribution is -0.113. The van der Waals surface area contributed by atoms with Crippen molar-refractivity contribution in [2.75, 3.05) is 6.61 Å². The van der Waals surface area contributed by atoms with Gasteiger partial charge in [0.25, 0.3) is 0 Å². The first-order valence-electron chi connectivity index (χ1n) is 4.86. The zero-order valence-corrected chi connectivity index (χ0v) is 9.10. The maximum Gasteiger partial charge on any atom is 0.242 e. The summed E-state index contributed by atoms with van der Waals surface area (Å²) in [7, 11) is 0. The van der Waals surface area contributed by atoms with Gasteiger partial charge in [-0.3, -0.25) is 4.79 Å². The number of primary amides is 1. The number of alkyl halides is 1. The van der Waals surface area contributed by atoms with Crippen LogP contribution in [0.4, 0.5) is 4.39 Å². The molecule has 0 saturated carbocycles. The molecular weight excluding hydrogens is 249 g/mol. The minimum Gasteiger partial charge on any atom is -0.393 e. The summed E-state index contributed by atoms with van der Waals surface area (Å²) < 4.78 is 18.6. The summed E-state index contributed by atoms with van der Waals surface area (Å²) in [5, 5.41) is 23.9. The van der Waals surface area contributed by atoms with E-state index >= 15 is 0 Å². The molecule has 1 unspecified atom stereocenters. The summed E-state index contributed by atoms with van der Waals surface area (Å²) in [6, 6.07) is 0. The zero-order valence-electron chi connectivity index (χ0n) is 9.10. The number of carbonyl (C=O) groups is 1. The molecule has 0 radical (unpaired) electrons. The number of carbonyl (C=O) groups excluding carboxylic acids is 1. The van der Waals surface area contributed by atoms with Gasteiger partial charge < -0.3 is 26.0 Å². The standard InChI is InChI=1S/C8H12FN5O4/c9-6-5(17)7(12-2-1-4(10)16)18-8(6,3-15)13-14-11/h1-2,5-7,12,15,17H,3H2,(H2,10,16)/b2-1-/t5-,6?,7-,8-/m1/s1. The molecule has 1 amide bonds. The summed E-state index contributed by atoms with van der Waals surface area (Å²) in [5.74, 6) is -0.754. The van der Waals surface area contributed by atoms with Crippen LogP contribution >= 0.6 is 0 Å². The monoisotopic (exact) mass is 261 g/mol. The number of nitrogens with one attached hydrogen (secondary N) is 1. The fourth-order valence-corrected chi connectivity index (χ4v) is 1.44. The Morgan fingerprint density at radius 2 is 2.44 bits per heavy atom. The molecule has 0 aromatic rings. The molecule has 9 nitrogen and oxygen atoms in total. The zero-order chi connectivity index (χ0) is 13.8. The van der Waals surface area contributed by atoms with Gasteiger partial charge in [-0.05, 0) is 5.53 Å². The summed E-state index contributed by atoms with van der Waals surface area (Å²) in [6.45, 7) is -0.937. The van der Waals surface area contributed by atoms with Gasteiger partial charge in [-0.25, -0.2) is 4.39 Å². The van der Waals surface area contributed by atoms with Crippen LogP contribution in [0.15, 0.2) is 17.4 Å². The third kappa shape index (κ3) is 2.68. The number of halogens is 1. The lowest BCUT2D eigenvalue weighted by atomic mass is 10.1. The highest BCUT2D eigenvalue weighted by Crippen LogP contribution is 2.33. The van der Waals surface area contributed by atoms with Crippen molar-refractivity contribution in [1.82, 2.24) is 5.32 Å². The number of azide groups is 1. The van der Waals surface area contributed by atoms with Gasteiger partial charge in [-0.2, -0.15) is 0 Å². The number of aliphatic hydroxyl groups is 2. The summed E-state index contributed by atoms with van der Waals surface area (Å²) >= 11 is 0. The molecule has 0 aromatic heterocycles. The summed E-state index contributed by atoms with van der Waals surface area (Å²) in [4.78, 5) is 12.8. The number of rotatable bonds is 5. The molecule has 10 heteroatoms. The topological polar surface area (TPSA) is 154 Å². The minimum atomic E-state index is -2.19. The Kier molecular flexibility index (Phi) is 4.45. The Labute approximate surface area is 101 Å². The van der Waals surface area contributed by atoms with Crippen molar-refractivity contribution >= 4 is 5.91 Å². The van der Waals surface area contributed by atoms with Crippen molar-refractivity contribution in [2.24, 2.45) is 10.8 Å².